The fourth-order valence-electron chi connectivity index (χ4n) is 1.33. The Labute approximate surface area is 70.0 Å². The van der Waals surface area contributed by atoms with Crippen LogP contribution in [0.3, 0.4) is 0 Å². The predicted molar refractivity (Wildman–Crippen MR) is 31.8 cm³/mol. The van der Waals surface area contributed by atoms with Crippen molar-refractivity contribution < 1.29 is 33.0 Å². The first-order valence-corrected chi connectivity index (χ1v) is 3.29. The highest BCUT2D eigenvalue weighted by atomic mass is 19.4. The third kappa shape index (κ3) is 1.58. The van der Waals surface area contributed by atoms with Crippen LogP contribution in [0.1, 0.15) is 0 Å². The van der Waals surface area contributed by atoms with E-state index in [1.807, 2.05) is 0 Å². The van der Waals surface area contributed by atoms with Gasteiger partial charge in [0, 0.05) is 0 Å². The van der Waals surface area contributed by atoms with E-state index in [1.165, 1.54) is 0 Å². The summed E-state index contributed by atoms with van der Waals surface area (Å²) in [5.41, 5.74) is 0. The zero-order valence-corrected chi connectivity index (χ0v) is 6.08. The summed E-state index contributed by atoms with van der Waals surface area (Å²) < 4.78 is 35.8. The predicted octanol–water partition coefficient (Wildman–Crippen LogP) is 0.580. The lowest BCUT2D eigenvalue weighted by molar-refractivity contribution is -0.164. The zero-order chi connectivity index (χ0) is 10.4. The molecule has 0 amide bonds. The molecule has 7 heteroatoms. The summed E-state index contributed by atoms with van der Waals surface area (Å²) >= 11 is 0. The second-order valence-electron chi connectivity index (χ2n) is 2.80. The first kappa shape index (κ1) is 9.82. The molecule has 1 unspecified atom stereocenters. The summed E-state index contributed by atoms with van der Waals surface area (Å²) in [7, 11) is 0. The molecule has 74 valence electrons. The third-order valence-electron chi connectivity index (χ3n) is 1.97. The van der Waals surface area contributed by atoms with Crippen LogP contribution < -0.4 is 0 Å². The molecule has 0 saturated heterocycles. The second-order valence-corrected chi connectivity index (χ2v) is 2.80. The molecule has 0 bridgehead atoms. The Balaban J connectivity index is 2.79. The largest absolute Gasteiger partial charge is 0.481 e. The number of rotatable bonds is 2. The molecule has 1 saturated carbocycles. The van der Waals surface area contributed by atoms with Gasteiger partial charge >= 0.3 is 18.1 Å². The lowest BCUT2D eigenvalue weighted by Crippen LogP contribution is -2.16. The number of carboxylic acid groups (broad SMARTS) is 2. The summed E-state index contributed by atoms with van der Waals surface area (Å²) in [4.78, 5) is 20.3. The fourth-order valence-corrected chi connectivity index (χ4v) is 1.33. The Hall–Kier alpha value is -1.27. The van der Waals surface area contributed by atoms with E-state index in [9.17, 15) is 22.8 Å². The van der Waals surface area contributed by atoms with Crippen molar-refractivity contribution in [2.75, 3.05) is 0 Å². The van der Waals surface area contributed by atoms with Crippen LogP contribution in [0.2, 0.25) is 0 Å². The number of aliphatic carboxylic acids is 2. The molecule has 1 aliphatic rings. The van der Waals surface area contributed by atoms with E-state index in [0.29, 0.717) is 0 Å². The summed E-state index contributed by atoms with van der Waals surface area (Å²) in [5, 5.41) is 16.5. The summed E-state index contributed by atoms with van der Waals surface area (Å²) in [6.07, 6.45) is -4.74. The van der Waals surface area contributed by atoms with E-state index < -0.39 is 35.9 Å². The lowest BCUT2D eigenvalue weighted by atomic mass is 10.3. The van der Waals surface area contributed by atoms with Gasteiger partial charge < -0.3 is 10.2 Å². The third-order valence-corrected chi connectivity index (χ3v) is 1.97. The molecule has 3 atom stereocenters. The van der Waals surface area contributed by atoms with Crippen LogP contribution in [-0.2, 0) is 9.59 Å². The molecule has 4 nitrogen and oxygen atoms in total. The number of alkyl halides is 3. The highest BCUT2D eigenvalue weighted by molar-refractivity contribution is 5.86. The molecular weight excluding hydrogens is 193 g/mol. The highest BCUT2D eigenvalue weighted by Crippen LogP contribution is 2.55. The molecular formula is C6H5F3O4. The lowest BCUT2D eigenvalue weighted by Gasteiger charge is -2.02. The molecule has 1 rings (SSSR count). The number of carbonyl (C=O) groups is 2. The van der Waals surface area contributed by atoms with Crippen molar-refractivity contribution in [1.82, 2.24) is 0 Å². The monoisotopic (exact) mass is 198 g/mol. The molecule has 0 radical (unpaired) electrons. The van der Waals surface area contributed by atoms with Crippen LogP contribution in [0.4, 0.5) is 13.2 Å². The van der Waals surface area contributed by atoms with Gasteiger partial charge in [-0.05, 0) is 0 Å². The first-order chi connectivity index (χ1) is 5.76. The van der Waals surface area contributed by atoms with Gasteiger partial charge in [-0.15, -0.1) is 0 Å². The van der Waals surface area contributed by atoms with Gasteiger partial charge in [0.25, 0.3) is 0 Å². The topological polar surface area (TPSA) is 74.6 Å². The Morgan fingerprint density at radius 3 is 1.38 bits per heavy atom. The minimum Gasteiger partial charge on any atom is -0.481 e. The average Bonchev–Trinajstić information content (AvgIpc) is 2.56. The van der Waals surface area contributed by atoms with Crippen LogP contribution in [0.15, 0.2) is 0 Å². The SMILES string of the molecule is O=C(O)[C@@H]1C(C(F)(F)F)[C@@H]1C(=O)O. The van der Waals surface area contributed by atoms with E-state index in [4.69, 9.17) is 10.2 Å². The second kappa shape index (κ2) is 2.61. The Morgan fingerprint density at radius 1 is 1.00 bits per heavy atom. The standard InChI is InChI=1S/C6H5F3O4/c7-6(8,9)3-1(4(10)11)2(3)5(12)13/h1-3H,(H,10,11)(H,12,13)/t1-,2+,3?. The van der Waals surface area contributed by atoms with Crippen molar-refractivity contribution in [3.63, 3.8) is 0 Å². The van der Waals surface area contributed by atoms with E-state index in [2.05, 4.69) is 0 Å². The minimum atomic E-state index is -4.74. The number of carboxylic acids is 2. The van der Waals surface area contributed by atoms with Crippen LogP contribution in [-0.4, -0.2) is 28.3 Å². The molecule has 0 heterocycles. The van der Waals surface area contributed by atoms with Gasteiger partial charge in [0.05, 0.1) is 17.8 Å². The molecule has 1 aliphatic carbocycles. The quantitative estimate of drug-likeness (QED) is 0.680. The van der Waals surface area contributed by atoms with Crippen LogP contribution in [0, 0.1) is 17.8 Å². The summed E-state index contributed by atoms with van der Waals surface area (Å²) in [5.74, 6) is -9.30. The van der Waals surface area contributed by atoms with Crippen molar-refractivity contribution in [3.8, 4) is 0 Å². The molecule has 2 N–H and O–H groups in total. The van der Waals surface area contributed by atoms with Crippen molar-refractivity contribution in [1.29, 1.82) is 0 Å². The average molecular weight is 198 g/mol. The Morgan fingerprint density at radius 2 is 1.31 bits per heavy atom. The molecule has 0 aromatic heterocycles. The van der Waals surface area contributed by atoms with Gasteiger partial charge in [0.2, 0.25) is 0 Å². The van der Waals surface area contributed by atoms with Crippen molar-refractivity contribution in [2.45, 2.75) is 6.18 Å². The van der Waals surface area contributed by atoms with Crippen LogP contribution in [0.5, 0.6) is 0 Å². The van der Waals surface area contributed by atoms with Gasteiger partial charge in [-0.1, -0.05) is 0 Å². The van der Waals surface area contributed by atoms with Crippen LogP contribution >= 0.6 is 0 Å². The number of hydrogen-bond acceptors (Lipinski definition) is 2. The van der Waals surface area contributed by atoms with Gasteiger partial charge in [-0.3, -0.25) is 9.59 Å². The summed E-state index contributed by atoms with van der Waals surface area (Å²) in [6.45, 7) is 0. The maximum atomic E-state index is 11.9. The summed E-state index contributed by atoms with van der Waals surface area (Å²) in [6, 6.07) is 0. The van der Waals surface area contributed by atoms with Crippen molar-refractivity contribution in [2.24, 2.45) is 17.8 Å². The fraction of sp³-hybridized carbons (Fsp3) is 0.667. The number of halogens is 3. The molecule has 0 aromatic rings. The van der Waals surface area contributed by atoms with Crippen molar-refractivity contribution >= 4 is 11.9 Å². The Bertz CT molecular complexity index is 239. The van der Waals surface area contributed by atoms with Crippen molar-refractivity contribution in [3.05, 3.63) is 0 Å². The highest BCUT2D eigenvalue weighted by Gasteiger charge is 2.71. The van der Waals surface area contributed by atoms with Crippen LogP contribution in [0.25, 0.3) is 0 Å². The molecule has 1 fully saturated rings. The maximum Gasteiger partial charge on any atom is 0.393 e. The normalized spacial score (nSPS) is 32.7. The minimum absolute atomic E-state index is 1.71. The van der Waals surface area contributed by atoms with E-state index in [1.54, 1.807) is 0 Å². The maximum absolute atomic E-state index is 11.9. The van der Waals surface area contributed by atoms with Gasteiger partial charge in [0.1, 0.15) is 0 Å². The van der Waals surface area contributed by atoms with E-state index >= 15 is 0 Å². The van der Waals surface area contributed by atoms with Gasteiger partial charge in [0.15, 0.2) is 0 Å². The van der Waals surface area contributed by atoms with E-state index in [-0.39, 0.29) is 0 Å². The van der Waals surface area contributed by atoms with Gasteiger partial charge in [-0.25, -0.2) is 0 Å². The molecule has 0 aliphatic heterocycles. The molecule has 13 heavy (non-hydrogen) atoms. The number of hydrogen-bond donors (Lipinski definition) is 2. The first-order valence-electron chi connectivity index (χ1n) is 3.29. The molecule has 0 spiro atoms. The smallest absolute Gasteiger partial charge is 0.393 e. The molecule has 0 aromatic carbocycles. The van der Waals surface area contributed by atoms with Gasteiger partial charge in [-0.2, -0.15) is 13.2 Å². The Kier molecular flexibility index (Phi) is 1.97. The zero-order valence-electron chi connectivity index (χ0n) is 6.08. The van der Waals surface area contributed by atoms with E-state index in [0.717, 1.165) is 0 Å².